The Hall–Kier alpha value is -1.67. The van der Waals surface area contributed by atoms with Crippen LogP contribution in [0.1, 0.15) is 21.6 Å². The molecular formula is C13H10ClNO. The first kappa shape index (κ1) is 10.8. The van der Waals surface area contributed by atoms with Crippen molar-refractivity contribution in [2.75, 3.05) is 0 Å². The number of hydrogen-bond acceptors (Lipinski definition) is 2. The zero-order chi connectivity index (χ0) is 11.4. The summed E-state index contributed by atoms with van der Waals surface area (Å²) in [6.07, 6.45) is 3.21. The van der Waals surface area contributed by atoms with E-state index in [-0.39, 0.29) is 0 Å². The molecule has 0 saturated carbocycles. The summed E-state index contributed by atoms with van der Waals surface area (Å²) >= 11 is 5.82. The van der Waals surface area contributed by atoms with Gasteiger partial charge in [-0.1, -0.05) is 23.7 Å². The monoisotopic (exact) mass is 231 g/mol. The summed E-state index contributed by atoms with van der Waals surface area (Å²) in [6, 6.07) is 11.1. The van der Waals surface area contributed by atoms with Crippen LogP contribution in [-0.4, -0.2) is 11.3 Å². The Kier molecular flexibility index (Phi) is 3.32. The van der Waals surface area contributed by atoms with Gasteiger partial charge in [0.15, 0.2) is 0 Å². The van der Waals surface area contributed by atoms with E-state index >= 15 is 0 Å². The number of pyridine rings is 1. The van der Waals surface area contributed by atoms with Crippen LogP contribution in [0.15, 0.2) is 42.6 Å². The summed E-state index contributed by atoms with van der Waals surface area (Å²) in [6.45, 7) is 0. The first-order chi connectivity index (χ1) is 7.79. The maximum atomic E-state index is 10.9. The SMILES string of the molecule is O=Cc1cc(Cl)ccc1Cc1ccccn1. The molecule has 1 heterocycles. The average Bonchev–Trinajstić information content (AvgIpc) is 2.33. The Morgan fingerprint density at radius 2 is 2.12 bits per heavy atom. The molecule has 3 heteroatoms. The van der Waals surface area contributed by atoms with Gasteiger partial charge in [0, 0.05) is 28.9 Å². The molecule has 0 N–H and O–H groups in total. The molecule has 2 rings (SSSR count). The van der Waals surface area contributed by atoms with Gasteiger partial charge in [-0.25, -0.2) is 0 Å². The lowest BCUT2D eigenvalue weighted by molar-refractivity contribution is 0.112. The maximum Gasteiger partial charge on any atom is 0.150 e. The lowest BCUT2D eigenvalue weighted by atomic mass is 10.0. The lowest BCUT2D eigenvalue weighted by Gasteiger charge is -2.04. The van der Waals surface area contributed by atoms with Gasteiger partial charge in [0.2, 0.25) is 0 Å². The average molecular weight is 232 g/mol. The minimum atomic E-state index is 0.576. The van der Waals surface area contributed by atoms with E-state index in [1.807, 2.05) is 24.3 Å². The standard InChI is InChI=1S/C13H10ClNO/c14-12-5-4-10(11(7-12)9-16)8-13-3-1-2-6-15-13/h1-7,9H,8H2. The van der Waals surface area contributed by atoms with E-state index in [1.54, 1.807) is 18.3 Å². The minimum absolute atomic E-state index is 0.576. The van der Waals surface area contributed by atoms with Gasteiger partial charge < -0.3 is 0 Å². The van der Waals surface area contributed by atoms with Crippen molar-refractivity contribution in [3.05, 3.63) is 64.4 Å². The van der Waals surface area contributed by atoms with Gasteiger partial charge in [-0.3, -0.25) is 9.78 Å². The van der Waals surface area contributed by atoms with Gasteiger partial charge in [-0.2, -0.15) is 0 Å². The van der Waals surface area contributed by atoms with Crippen LogP contribution in [0.3, 0.4) is 0 Å². The number of aldehydes is 1. The molecule has 16 heavy (non-hydrogen) atoms. The van der Waals surface area contributed by atoms with Crippen LogP contribution >= 0.6 is 11.6 Å². The lowest BCUT2D eigenvalue weighted by Crippen LogP contribution is -1.96. The third kappa shape index (κ3) is 2.47. The molecule has 1 aromatic carbocycles. The fourth-order valence-electron chi connectivity index (χ4n) is 1.53. The van der Waals surface area contributed by atoms with E-state index in [2.05, 4.69) is 4.98 Å². The zero-order valence-corrected chi connectivity index (χ0v) is 9.32. The molecule has 0 amide bonds. The second-order valence-electron chi connectivity index (χ2n) is 3.46. The molecule has 0 aliphatic rings. The largest absolute Gasteiger partial charge is 0.298 e. The minimum Gasteiger partial charge on any atom is -0.298 e. The third-order valence-electron chi connectivity index (χ3n) is 2.33. The van der Waals surface area contributed by atoms with Crippen LogP contribution in [-0.2, 0) is 6.42 Å². The van der Waals surface area contributed by atoms with Crippen LogP contribution in [0.4, 0.5) is 0 Å². The molecular weight excluding hydrogens is 222 g/mol. The highest BCUT2D eigenvalue weighted by molar-refractivity contribution is 6.30. The molecule has 0 aliphatic carbocycles. The van der Waals surface area contributed by atoms with E-state index in [1.165, 1.54) is 0 Å². The van der Waals surface area contributed by atoms with Crippen LogP contribution in [0.5, 0.6) is 0 Å². The van der Waals surface area contributed by atoms with Crippen molar-refractivity contribution in [2.24, 2.45) is 0 Å². The molecule has 2 aromatic rings. The van der Waals surface area contributed by atoms with Crippen molar-refractivity contribution in [3.8, 4) is 0 Å². The van der Waals surface area contributed by atoms with Gasteiger partial charge in [0.25, 0.3) is 0 Å². The second-order valence-corrected chi connectivity index (χ2v) is 3.90. The quantitative estimate of drug-likeness (QED) is 0.760. The van der Waals surface area contributed by atoms with Crippen LogP contribution in [0.2, 0.25) is 5.02 Å². The highest BCUT2D eigenvalue weighted by atomic mass is 35.5. The number of benzene rings is 1. The molecule has 0 bridgehead atoms. The third-order valence-corrected chi connectivity index (χ3v) is 2.57. The van der Waals surface area contributed by atoms with Crippen LogP contribution in [0, 0.1) is 0 Å². The Labute approximate surface area is 98.9 Å². The molecule has 0 atom stereocenters. The normalized spacial score (nSPS) is 10.1. The Balaban J connectivity index is 2.31. The van der Waals surface area contributed by atoms with Crippen molar-refractivity contribution in [1.29, 1.82) is 0 Å². The van der Waals surface area contributed by atoms with Gasteiger partial charge in [0.1, 0.15) is 6.29 Å². The second kappa shape index (κ2) is 4.90. The van der Waals surface area contributed by atoms with Crippen molar-refractivity contribution >= 4 is 17.9 Å². The Morgan fingerprint density at radius 3 is 2.81 bits per heavy atom. The highest BCUT2D eigenvalue weighted by Gasteiger charge is 2.04. The number of nitrogens with zero attached hydrogens (tertiary/aromatic N) is 1. The van der Waals surface area contributed by atoms with Crippen LogP contribution in [0.25, 0.3) is 0 Å². The van der Waals surface area contributed by atoms with E-state index in [4.69, 9.17) is 11.6 Å². The molecule has 80 valence electrons. The van der Waals surface area contributed by atoms with Crippen molar-refractivity contribution in [3.63, 3.8) is 0 Å². The maximum absolute atomic E-state index is 10.9. The molecule has 2 nitrogen and oxygen atoms in total. The van der Waals surface area contributed by atoms with Gasteiger partial charge in [-0.15, -0.1) is 0 Å². The van der Waals surface area contributed by atoms with Gasteiger partial charge in [0.05, 0.1) is 0 Å². The highest BCUT2D eigenvalue weighted by Crippen LogP contribution is 2.17. The van der Waals surface area contributed by atoms with Crippen molar-refractivity contribution < 1.29 is 4.79 Å². The predicted molar refractivity (Wildman–Crippen MR) is 63.9 cm³/mol. The topological polar surface area (TPSA) is 30.0 Å². The zero-order valence-electron chi connectivity index (χ0n) is 8.56. The number of carbonyl (C=O) groups is 1. The molecule has 0 saturated heterocycles. The smallest absolute Gasteiger partial charge is 0.150 e. The van der Waals surface area contributed by atoms with Crippen molar-refractivity contribution in [1.82, 2.24) is 4.98 Å². The Bertz CT molecular complexity index is 497. The summed E-state index contributed by atoms with van der Waals surface area (Å²) in [5, 5.41) is 0.576. The first-order valence-corrected chi connectivity index (χ1v) is 5.31. The van der Waals surface area contributed by atoms with E-state index in [0.29, 0.717) is 17.0 Å². The summed E-state index contributed by atoms with van der Waals surface area (Å²) < 4.78 is 0. The summed E-state index contributed by atoms with van der Waals surface area (Å²) in [5.74, 6) is 0. The molecule has 0 unspecified atom stereocenters. The van der Waals surface area contributed by atoms with Gasteiger partial charge in [-0.05, 0) is 29.8 Å². The fraction of sp³-hybridized carbons (Fsp3) is 0.0769. The molecule has 1 aromatic heterocycles. The van der Waals surface area contributed by atoms with E-state index < -0.39 is 0 Å². The van der Waals surface area contributed by atoms with E-state index in [0.717, 1.165) is 17.5 Å². The Morgan fingerprint density at radius 1 is 1.25 bits per heavy atom. The number of aromatic nitrogens is 1. The summed E-state index contributed by atoms with van der Waals surface area (Å²) in [4.78, 5) is 15.1. The number of carbonyl (C=O) groups excluding carboxylic acids is 1. The first-order valence-electron chi connectivity index (χ1n) is 4.93. The number of halogens is 1. The van der Waals surface area contributed by atoms with E-state index in [9.17, 15) is 4.79 Å². The summed E-state index contributed by atoms with van der Waals surface area (Å²) in [7, 11) is 0. The predicted octanol–water partition coefficient (Wildman–Crippen LogP) is 3.14. The molecule has 0 fully saturated rings. The van der Waals surface area contributed by atoms with Crippen LogP contribution < -0.4 is 0 Å². The fourth-order valence-corrected chi connectivity index (χ4v) is 1.71. The molecule has 0 spiro atoms. The molecule has 0 radical (unpaired) electrons. The van der Waals surface area contributed by atoms with Gasteiger partial charge >= 0.3 is 0 Å². The number of rotatable bonds is 3. The summed E-state index contributed by atoms with van der Waals surface area (Å²) in [5.41, 5.74) is 2.50. The molecule has 0 aliphatic heterocycles. The van der Waals surface area contributed by atoms with Crippen molar-refractivity contribution in [2.45, 2.75) is 6.42 Å². The number of hydrogen-bond donors (Lipinski definition) is 0.